The first-order valence-corrected chi connectivity index (χ1v) is 15.1. The number of nitrogens with zero attached hydrogens (tertiary/aromatic N) is 2. The van der Waals surface area contributed by atoms with Crippen LogP contribution in [0.5, 0.6) is 0 Å². The topological polar surface area (TPSA) is 192 Å². The van der Waals surface area contributed by atoms with Crippen LogP contribution in [0.1, 0.15) is 73.9 Å². The lowest BCUT2D eigenvalue weighted by molar-refractivity contribution is -0.149. The van der Waals surface area contributed by atoms with Gasteiger partial charge in [-0.15, -0.1) is 12.4 Å². The summed E-state index contributed by atoms with van der Waals surface area (Å²) < 4.78 is 5.26. The molecule has 13 heteroatoms. The molecule has 1 saturated heterocycles. The van der Waals surface area contributed by atoms with E-state index in [0.29, 0.717) is 48.8 Å². The molecule has 248 valence electrons. The first-order valence-electron chi connectivity index (χ1n) is 15.1. The molecule has 0 aromatic heterocycles. The minimum absolute atomic E-state index is 0. The molecule has 1 fully saturated rings. The fourth-order valence-electron chi connectivity index (χ4n) is 5.05. The van der Waals surface area contributed by atoms with Gasteiger partial charge in [-0.3, -0.25) is 14.4 Å². The summed E-state index contributed by atoms with van der Waals surface area (Å²) in [6.45, 7) is 3.67. The van der Waals surface area contributed by atoms with Gasteiger partial charge in [0.2, 0.25) is 17.7 Å². The Bertz CT molecular complexity index is 1400. The van der Waals surface area contributed by atoms with Crippen LogP contribution in [0.2, 0.25) is 0 Å². The zero-order valence-corrected chi connectivity index (χ0v) is 26.9. The van der Waals surface area contributed by atoms with Crippen molar-refractivity contribution in [2.45, 2.75) is 82.5 Å². The Hall–Kier alpha value is -4.47. The first kappa shape index (κ1) is 37.7. The molecule has 1 heterocycles. The van der Waals surface area contributed by atoms with Crippen molar-refractivity contribution in [2.75, 3.05) is 13.2 Å². The van der Waals surface area contributed by atoms with Crippen LogP contribution in [-0.2, 0) is 30.3 Å². The first-order chi connectivity index (χ1) is 21.5. The SMILES string of the molecule is CC[C@](C)(NC(=O)[C@@H](N)CCCCOC(=O)c1ccccc1)C(=O)N[C@@H](Cc1ccc(C#N)cc1)C(=O)N1CCC[C@@H]1C(=O)O.Cl. The number of nitrogens with two attached hydrogens (primary N) is 1. The van der Waals surface area contributed by atoms with Crippen molar-refractivity contribution in [3.8, 4) is 6.07 Å². The Labute approximate surface area is 275 Å². The Morgan fingerprint density at radius 3 is 2.39 bits per heavy atom. The molecule has 2 aromatic rings. The maximum atomic E-state index is 13.6. The summed E-state index contributed by atoms with van der Waals surface area (Å²) in [7, 11) is 0. The number of nitriles is 1. The summed E-state index contributed by atoms with van der Waals surface area (Å²) in [5.74, 6) is -3.24. The highest BCUT2D eigenvalue weighted by Crippen LogP contribution is 2.21. The number of amides is 3. The number of rotatable bonds is 15. The molecule has 0 aliphatic carbocycles. The number of likely N-dealkylation sites (tertiary alicyclic amines) is 1. The van der Waals surface area contributed by atoms with Crippen LogP contribution in [-0.4, -0.2) is 76.5 Å². The highest BCUT2D eigenvalue weighted by molar-refractivity contribution is 5.96. The molecule has 0 bridgehead atoms. The number of halogens is 1. The van der Waals surface area contributed by atoms with Gasteiger partial charge in [0.25, 0.3) is 0 Å². The fourth-order valence-corrected chi connectivity index (χ4v) is 5.05. The molecular formula is C33H42ClN5O7. The van der Waals surface area contributed by atoms with Crippen molar-refractivity contribution in [3.63, 3.8) is 0 Å². The number of ether oxygens (including phenoxy) is 1. The monoisotopic (exact) mass is 655 g/mol. The zero-order valence-electron chi connectivity index (χ0n) is 26.1. The van der Waals surface area contributed by atoms with E-state index in [-0.39, 0.29) is 38.4 Å². The van der Waals surface area contributed by atoms with Crippen LogP contribution in [0.3, 0.4) is 0 Å². The van der Waals surface area contributed by atoms with E-state index < -0.39 is 53.3 Å². The van der Waals surface area contributed by atoms with Crippen LogP contribution in [0.4, 0.5) is 0 Å². The Morgan fingerprint density at radius 1 is 1.11 bits per heavy atom. The van der Waals surface area contributed by atoms with Gasteiger partial charge in [-0.1, -0.05) is 37.3 Å². The summed E-state index contributed by atoms with van der Waals surface area (Å²) in [5.41, 5.74) is 6.26. The van der Waals surface area contributed by atoms with Crippen LogP contribution in [0.25, 0.3) is 0 Å². The second-order valence-corrected chi connectivity index (χ2v) is 11.3. The van der Waals surface area contributed by atoms with E-state index in [1.54, 1.807) is 61.5 Å². The number of hydrogen-bond donors (Lipinski definition) is 4. The average molecular weight is 656 g/mol. The van der Waals surface area contributed by atoms with Gasteiger partial charge in [0.05, 0.1) is 29.8 Å². The normalized spacial score (nSPS) is 16.5. The van der Waals surface area contributed by atoms with Gasteiger partial charge < -0.3 is 31.1 Å². The predicted molar refractivity (Wildman–Crippen MR) is 172 cm³/mol. The summed E-state index contributed by atoms with van der Waals surface area (Å²) in [6, 6.07) is 14.2. The predicted octanol–water partition coefficient (Wildman–Crippen LogP) is 2.72. The molecule has 46 heavy (non-hydrogen) atoms. The number of unbranched alkanes of at least 4 members (excludes halogenated alkanes) is 1. The van der Waals surface area contributed by atoms with Crippen molar-refractivity contribution >= 4 is 42.1 Å². The highest BCUT2D eigenvalue weighted by Gasteiger charge is 2.41. The summed E-state index contributed by atoms with van der Waals surface area (Å²) >= 11 is 0. The number of benzene rings is 2. The third kappa shape index (κ3) is 10.3. The molecule has 3 rings (SSSR count). The molecule has 0 radical (unpaired) electrons. The molecule has 0 spiro atoms. The van der Waals surface area contributed by atoms with Gasteiger partial charge in [-0.2, -0.15) is 5.26 Å². The van der Waals surface area contributed by atoms with Crippen LogP contribution < -0.4 is 16.4 Å². The zero-order chi connectivity index (χ0) is 33.0. The standard InChI is InChI=1S/C33H41N5O7.ClH/c1-3-33(2,37-28(39)25(35)12-7-8-19-45-31(43)24-10-5-4-6-11-24)32(44)36-26(20-22-14-16-23(21-34)17-15-22)29(40)38-18-9-13-27(38)30(41)42;/h4-6,10-11,14-17,25-27H,3,7-9,12-13,18-20,35H2,1-2H3,(H,36,44)(H,37,39)(H,41,42);1H/t25-,26-,27+,33-;/m0./s1. The molecule has 4 atom stereocenters. The van der Waals surface area contributed by atoms with E-state index in [0.717, 1.165) is 0 Å². The smallest absolute Gasteiger partial charge is 0.338 e. The van der Waals surface area contributed by atoms with Crippen LogP contribution in [0, 0.1) is 11.3 Å². The lowest BCUT2D eigenvalue weighted by atomic mass is 9.94. The molecule has 3 amide bonds. The molecule has 0 unspecified atom stereocenters. The minimum Gasteiger partial charge on any atom is -0.480 e. The van der Waals surface area contributed by atoms with Gasteiger partial charge in [-0.25, -0.2) is 9.59 Å². The van der Waals surface area contributed by atoms with Crippen molar-refractivity contribution in [1.29, 1.82) is 5.26 Å². The van der Waals surface area contributed by atoms with E-state index in [4.69, 9.17) is 15.7 Å². The average Bonchev–Trinajstić information content (AvgIpc) is 3.55. The minimum atomic E-state index is -1.42. The van der Waals surface area contributed by atoms with Crippen molar-refractivity contribution in [3.05, 3.63) is 71.3 Å². The van der Waals surface area contributed by atoms with E-state index in [2.05, 4.69) is 10.6 Å². The second kappa shape index (κ2) is 17.9. The van der Waals surface area contributed by atoms with Crippen LogP contribution >= 0.6 is 12.4 Å². The molecule has 12 nitrogen and oxygen atoms in total. The van der Waals surface area contributed by atoms with E-state index >= 15 is 0 Å². The van der Waals surface area contributed by atoms with Gasteiger partial charge in [0.1, 0.15) is 17.6 Å². The summed E-state index contributed by atoms with van der Waals surface area (Å²) in [5, 5.41) is 24.2. The Balaban J connectivity index is 0.00000736. The van der Waals surface area contributed by atoms with Crippen molar-refractivity contribution in [2.24, 2.45) is 5.73 Å². The molecule has 1 aliphatic heterocycles. The van der Waals surface area contributed by atoms with Gasteiger partial charge in [-0.05, 0) is 75.3 Å². The number of carboxylic acids is 1. The number of carbonyl (C=O) groups excluding carboxylic acids is 4. The lowest BCUT2D eigenvalue weighted by Crippen LogP contribution is -2.63. The van der Waals surface area contributed by atoms with Gasteiger partial charge in [0.15, 0.2) is 0 Å². The Kier molecular flexibility index (Phi) is 14.7. The van der Waals surface area contributed by atoms with E-state index in [1.807, 2.05) is 6.07 Å². The number of hydrogen-bond acceptors (Lipinski definition) is 8. The van der Waals surface area contributed by atoms with Gasteiger partial charge in [0, 0.05) is 13.0 Å². The highest BCUT2D eigenvalue weighted by atomic mass is 35.5. The maximum Gasteiger partial charge on any atom is 0.338 e. The van der Waals surface area contributed by atoms with E-state index in [1.165, 1.54) is 11.8 Å². The third-order valence-electron chi connectivity index (χ3n) is 8.04. The number of carbonyl (C=O) groups is 5. The molecular weight excluding hydrogens is 614 g/mol. The Morgan fingerprint density at radius 2 is 1.78 bits per heavy atom. The second-order valence-electron chi connectivity index (χ2n) is 11.3. The summed E-state index contributed by atoms with van der Waals surface area (Å²) in [6.07, 6.45) is 2.38. The molecule has 5 N–H and O–H groups in total. The number of esters is 1. The lowest BCUT2D eigenvalue weighted by Gasteiger charge is -2.33. The number of carboxylic acid groups (broad SMARTS) is 1. The molecule has 1 aliphatic rings. The number of aliphatic carboxylic acids is 1. The largest absolute Gasteiger partial charge is 0.480 e. The molecule has 2 aromatic carbocycles. The van der Waals surface area contributed by atoms with Crippen LogP contribution in [0.15, 0.2) is 54.6 Å². The van der Waals surface area contributed by atoms with Crippen molar-refractivity contribution < 1.29 is 33.8 Å². The maximum absolute atomic E-state index is 13.6. The van der Waals surface area contributed by atoms with E-state index in [9.17, 15) is 29.1 Å². The summed E-state index contributed by atoms with van der Waals surface area (Å²) in [4.78, 5) is 65.4. The fraction of sp³-hybridized carbons (Fsp3) is 0.455. The van der Waals surface area contributed by atoms with Crippen molar-refractivity contribution in [1.82, 2.24) is 15.5 Å². The van der Waals surface area contributed by atoms with Gasteiger partial charge >= 0.3 is 11.9 Å². The molecule has 0 saturated carbocycles. The quantitative estimate of drug-likeness (QED) is 0.165. The third-order valence-corrected chi connectivity index (χ3v) is 8.04. The number of nitrogens with one attached hydrogen (secondary N) is 2.